The molecule has 70 valence electrons. The number of carbonyl (C=O) groups is 1. The van der Waals surface area contributed by atoms with Gasteiger partial charge in [0, 0.05) is 3.92 Å². The van der Waals surface area contributed by atoms with Crippen molar-refractivity contribution >= 4 is 28.6 Å². The van der Waals surface area contributed by atoms with Crippen LogP contribution in [-0.4, -0.2) is 16.5 Å². The molecule has 1 saturated carbocycles. The van der Waals surface area contributed by atoms with Crippen LogP contribution in [0.1, 0.15) is 32.6 Å². The molecule has 2 atom stereocenters. The molecule has 0 amide bonds. The van der Waals surface area contributed by atoms with Crippen molar-refractivity contribution in [3.63, 3.8) is 0 Å². The summed E-state index contributed by atoms with van der Waals surface area (Å²) in [5, 5.41) is 0. The van der Waals surface area contributed by atoms with E-state index in [-0.39, 0.29) is 11.9 Å². The van der Waals surface area contributed by atoms with Gasteiger partial charge in [0.25, 0.3) is 0 Å². The number of carbonyl (C=O) groups excluding carboxylic acids is 1. The van der Waals surface area contributed by atoms with Gasteiger partial charge in [-0.3, -0.25) is 4.79 Å². The Morgan fingerprint density at radius 1 is 1.58 bits per heavy atom. The Hall–Kier alpha value is 0.200. The Balaban J connectivity index is 2.35. The van der Waals surface area contributed by atoms with Gasteiger partial charge in [-0.1, -0.05) is 29.0 Å². The lowest BCUT2D eigenvalue weighted by molar-refractivity contribution is -0.148. The van der Waals surface area contributed by atoms with Crippen LogP contribution in [0.25, 0.3) is 0 Å². The Morgan fingerprint density at radius 2 is 2.33 bits per heavy atom. The third-order valence-electron chi connectivity index (χ3n) is 2.23. The van der Waals surface area contributed by atoms with Crippen molar-refractivity contribution in [3.05, 3.63) is 0 Å². The highest BCUT2D eigenvalue weighted by Crippen LogP contribution is 2.29. The molecular formula is C9H15IO2. The maximum absolute atomic E-state index is 11.3. The molecule has 0 saturated heterocycles. The minimum absolute atomic E-state index is 0.0128. The average Bonchev–Trinajstić information content (AvgIpc) is 2.05. The van der Waals surface area contributed by atoms with E-state index in [1.54, 1.807) is 0 Å². The van der Waals surface area contributed by atoms with Gasteiger partial charge in [-0.2, -0.15) is 0 Å². The first-order valence-corrected chi connectivity index (χ1v) is 5.79. The van der Waals surface area contributed by atoms with Crippen LogP contribution < -0.4 is 0 Å². The van der Waals surface area contributed by atoms with Crippen molar-refractivity contribution in [1.29, 1.82) is 0 Å². The van der Waals surface area contributed by atoms with Crippen LogP contribution in [0.5, 0.6) is 0 Å². The molecule has 1 fully saturated rings. The smallest absolute Gasteiger partial charge is 0.308 e. The predicted octanol–water partition coefficient (Wildman–Crippen LogP) is 2.54. The Labute approximate surface area is 87.2 Å². The topological polar surface area (TPSA) is 26.3 Å². The second kappa shape index (κ2) is 5.04. The first-order valence-electron chi connectivity index (χ1n) is 4.54. The fraction of sp³-hybridized carbons (Fsp3) is 0.889. The monoisotopic (exact) mass is 282 g/mol. The molecule has 1 rings (SSSR count). The molecule has 2 nitrogen and oxygen atoms in total. The van der Waals surface area contributed by atoms with Crippen LogP contribution in [0, 0.1) is 5.92 Å². The summed E-state index contributed by atoms with van der Waals surface area (Å²) < 4.78 is 5.66. The summed E-state index contributed by atoms with van der Waals surface area (Å²) in [6, 6.07) is 0. The zero-order valence-corrected chi connectivity index (χ0v) is 9.54. The molecule has 0 aliphatic heterocycles. The summed E-state index contributed by atoms with van der Waals surface area (Å²) in [5.41, 5.74) is 0. The molecule has 0 bridgehead atoms. The van der Waals surface area contributed by atoms with Crippen LogP contribution >= 0.6 is 22.6 Å². The van der Waals surface area contributed by atoms with Crippen molar-refractivity contribution in [2.45, 2.75) is 36.5 Å². The van der Waals surface area contributed by atoms with Crippen molar-refractivity contribution in [1.82, 2.24) is 0 Å². The van der Waals surface area contributed by atoms with Gasteiger partial charge in [-0.05, 0) is 26.2 Å². The molecule has 0 aromatic rings. The summed E-state index contributed by atoms with van der Waals surface area (Å²) in [7, 11) is 0. The number of esters is 1. The van der Waals surface area contributed by atoms with E-state index in [1.807, 2.05) is 6.92 Å². The van der Waals surface area contributed by atoms with Gasteiger partial charge in [-0.15, -0.1) is 0 Å². The number of halogens is 1. The molecule has 0 N–H and O–H groups in total. The second-order valence-corrected chi connectivity index (χ2v) is 4.97. The van der Waals surface area contributed by atoms with Gasteiger partial charge < -0.3 is 4.74 Å². The quantitative estimate of drug-likeness (QED) is 0.442. The van der Waals surface area contributed by atoms with Crippen LogP contribution in [0.2, 0.25) is 0 Å². The summed E-state index contributed by atoms with van der Waals surface area (Å²) in [6.45, 7) is 2.38. The molecule has 3 heteroatoms. The Morgan fingerprint density at radius 3 is 2.92 bits per heavy atom. The summed E-state index contributed by atoms with van der Waals surface area (Å²) in [4.78, 5) is 11.3. The molecule has 0 aromatic carbocycles. The van der Waals surface area contributed by atoms with Crippen LogP contribution in [-0.2, 0) is 9.53 Å². The van der Waals surface area contributed by atoms with E-state index in [0.717, 1.165) is 12.8 Å². The molecule has 1 aliphatic rings. The summed E-state index contributed by atoms with van der Waals surface area (Å²) in [6.07, 6.45) is 4.48. The minimum Gasteiger partial charge on any atom is -0.466 e. The van der Waals surface area contributed by atoms with Gasteiger partial charge >= 0.3 is 5.97 Å². The fourth-order valence-electron chi connectivity index (χ4n) is 1.60. The lowest BCUT2D eigenvalue weighted by atomic mass is 9.89. The third-order valence-corrected chi connectivity index (χ3v) is 3.36. The molecular weight excluding hydrogens is 267 g/mol. The Kier molecular flexibility index (Phi) is 4.32. The number of rotatable bonds is 2. The highest BCUT2D eigenvalue weighted by atomic mass is 127. The average molecular weight is 282 g/mol. The molecule has 0 heterocycles. The van der Waals surface area contributed by atoms with E-state index < -0.39 is 0 Å². The molecule has 0 spiro atoms. The van der Waals surface area contributed by atoms with Gasteiger partial charge in [0.2, 0.25) is 0 Å². The van der Waals surface area contributed by atoms with Crippen LogP contribution in [0.3, 0.4) is 0 Å². The van der Waals surface area contributed by atoms with Gasteiger partial charge in [0.05, 0.1) is 12.5 Å². The fourth-order valence-corrected chi connectivity index (χ4v) is 2.66. The highest BCUT2D eigenvalue weighted by molar-refractivity contribution is 14.1. The molecule has 12 heavy (non-hydrogen) atoms. The Bertz CT molecular complexity index is 159. The highest BCUT2D eigenvalue weighted by Gasteiger charge is 2.26. The summed E-state index contributed by atoms with van der Waals surface area (Å²) >= 11 is 2.43. The summed E-state index contributed by atoms with van der Waals surface area (Å²) in [5.74, 6) is 0.194. The molecule has 1 aliphatic carbocycles. The number of alkyl halides is 1. The second-order valence-electron chi connectivity index (χ2n) is 3.21. The van der Waals surface area contributed by atoms with Crippen LogP contribution in [0.15, 0.2) is 0 Å². The number of hydrogen-bond acceptors (Lipinski definition) is 2. The van der Waals surface area contributed by atoms with Gasteiger partial charge in [0.1, 0.15) is 0 Å². The first-order chi connectivity index (χ1) is 5.74. The van der Waals surface area contributed by atoms with E-state index in [4.69, 9.17) is 4.74 Å². The molecule has 0 aromatic heterocycles. The SMILES string of the molecule is CCOC(=O)[C@@H]1CCC[C@@H](I)C1. The van der Waals surface area contributed by atoms with Crippen molar-refractivity contribution in [2.75, 3.05) is 6.61 Å². The maximum atomic E-state index is 11.3. The van der Waals surface area contributed by atoms with E-state index in [2.05, 4.69) is 22.6 Å². The lowest BCUT2D eigenvalue weighted by Crippen LogP contribution is -2.24. The normalized spacial score (nSPS) is 29.8. The standard InChI is InChI=1S/C9H15IO2/c1-2-12-9(11)7-4-3-5-8(10)6-7/h7-8H,2-6H2,1H3/t7-,8-/m1/s1. The van der Waals surface area contributed by atoms with E-state index in [9.17, 15) is 4.79 Å². The van der Waals surface area contributed by atoms with Crippen molar-refractivity contribution < 1.29 is 9.53 Å². The van der Waals surface area contributed by atoms with Gasteiger partial charge in [-0.25, -0.2) is 0 Å². The minimum atomic E-state index is 0.0128. The maximum Gasteiger partial charge on any atom is 0.308 e. The number of ether oxygens (including phenoxy) is 1. The van der Waals surface area contributed by atoms with Gasteiger partial charge in [0.15, 0.2) is 0 Å². The molecule has 0 unspecified atom stereocenters. The third kappa shape index (κ3) is 2.92. The van der Waals surface area contributed by atoms with Crippen molar-refractivity contribution in [3.8, 4) is 0 Å². The first kappa shape index (κ1) is 10.3. The number of hydrogen-bond donors (Lipinski definition) is 0. The van der Waals surface area contributed by atoms with E-state index >= 15 is 0 Å². The van der Waals surface area contributed by atoms with Crippen LogP contribution in [0.4, 0.5) is 0 Å². The van der Waals surface area contributed by atoms with E-state index in [1.165, 1.54) is 12.8 Å². The van der Waals surface area contributed by atoms with Crippen molar-refractivity contribution in [2.24, 2.45) is 5.92 Å². The van der Waals surface area contributed by atoms with E-state index in [0.29, 0.717) is 10.5 Å². The zero-order valence-electron chi connectivity index (χ0n) is 7.38. The largest absolute Gasteiger partial charge is 0.466 e. The predicted molar refractivity (Wildman–Crippen MR) is 56.4 cm³/mol. The lowest BCUT2D eigenvalue weighted by Gasteiger charge is -2.23. The molecule has 0 radical (unpaired) electrons. The zero-order chi connectivity index (χ0) is 8.97.